The van der Waals surface area contributed by atoms with Gasteiger partial charge in [-0.2, -0.15) is 10.2 Å². The number of aryl methyl sites for hydroxylation is 2. The number of H-pyrrole nitrogens is 1. The quantitative estimate of drug-likeness (QED) is 0.496. The smallest absolute Gasteiger partial charge is 0.253 e. The van der Waals surface area contributed by atoms with Crippen LogP contribution in [0.1, 0.15) is 32.7 Å². The summed E-state index contributed by atoms with van der Waals surface area (Å²) in [4.78, 5) is 18.3. The normalized spacial score (nSPS) is 11.3. The Bertz CT molecular complexity index is 1240. The molecule has 2 aromatic carbocycles. The number of nitrogens with zero attached hydrogens (tertiary/aromatic N) is 3. The molecule has 0 saturated heterocycles. The molecule has 31 heavy (non-hydrogen) atoms. The number of hydrogen-bond acceptors (Lipinski definition) is 4. The average molecular weight is 414 g/mol. The Morgan fingerprint density at radius 2 is 1.90 bits per heavy atom. The van der Waals surface area contributed by atoms with Gasteiger partial charge in [0, 0.05) is 35.2 Å². The molecule has 0 saturated carbocycles. The Kier molecular flexibility index (Phi) is 5.82. The van der Waals surface area contributed by atoms with Gasteiger partial charge in [-0.3, -0.25) is 4.79 Å². The van der Waals surface area contributed by atoms with Crippen LogP contribution in [0.25, 0.3) is 22.2 Å². The van der Waals surface area contributed by atoms with Crippen LogP contribution in [0.2, 0.25) is 0 Å². The van der Waals surface area contributed by atoms with Gasteiger partial charge in [0.05, 0.1) is 17.5 Å². The molecule has 0 aliphatic rings. The maximum absolute atomic E-state index is 12.5. The number of benzene rings is 2. The summed E-state index contributed by atoms with van der Waals surface area (Å²) in [5, 5.41) is 11.9. The lowest BCUT2D eigenvalue weighted by Gasteiger charge is -2.14. The summed E-state index contributed by atoms with van der Waals surface area (Å²) in [7, 11) is 4.16. The van der Waals surface area contributed by atoms with Crippen molar-refractivity contribution in [1.82, 2.24) is 25.4 Å². The molecule has 1 amide bonds. The topological polar surface area (TPSA) is 73.9 Å². The SMILES string of the molecule is Cc1nnccc1C(=O)NCc1ccc2[nH]c(-c3ccccc3CN(C)C)c(C)c2c1. The first-order chi connectivity index (χ1) is 14.9. The second-order valence-electron chi connectivity index (χ2n) is 8.11. The molecule has 2 aromatic heterocycles. The largest absolute Gasteiger partial charge is 0.354 e. The van der Waals surface area contributed by atoms with Crippen LogP contribution in [-0.4, -0.2) is 40.1 Å². The van der Waals surface area contributed by atoms with Crippen LogP contribution < -0.4 is 5.32 Å². The van der Waals surface area contributed by atoms with Gasteiger partial charge in [0.2, 0.25) is 0 Å². The van der Waals surface area contributed by atoms with Gasteiger partial charge < -0.3 is 15.2 Å². The lowest BCUT2D eigenvalue weighted by molar-refractivity contribution is 0.0949. The number of fused-ring (bicyclic) bond motifs is 1. The lowest BCUT2D eigenvalue weighted by atomic mass is 10.0. The van der Waals surface area contributed by atoms with E-state index in [0.29, 0.717) is 17.8 Å². The Hall–Kier alpha value is -3.51. The molecule has 0 bridgehead atoms. The van der Waals surface area contributed by atoms with Crippen LogP contribution in [0.5, 0.6) is 0 Å². The molecule has 4 aromatic rings. The van der Waals surface area contributed by atoms with Gasteiger partial charge in [-0.1, -0.05) is 30.3 Å². The second kappa shape index (κ2) is 8.70. The van der Waals surface area contributed by atoms with Crippen LogP contribution in [0.3, 0.4) is 0 Å². The summed E-state index contributed by atoms with van der Waals surface area (Å²) in [6.07, 6.45) is 1.53. The summed E-state index contributed by atoms with van der Waals surface area (Å²) in [5.41, 5.74) is 8.19. The zero-order valence-corrected chi connectivity index (χ0v) is 18.4. The minimum absolute atomic E-state index is 0.142. The van der Waals surface area contributed by atoms with Crippen LogP contribution >= 0.6 is 0 Å². The van der Waals surface area contributed by atoms with Crippen molar-refractivity contribution in [1.29, 1.82) is 0 Å². The molecule has 0 fully saturated rings. The highest BCUT2D eigenvalue weighted by atomic mass is 16.1. The molecule has 158 valence electrons. The van der Waals surface area contributed by atoms with Crippen molar-refractivity contribution in [2.45, 2.75) is 26.9 Å². The van der Waals surface area contributed by atoms with E-state index in [2.05, 4.69) is 82.8 Å². The standard InChI is InChI=1S/C25H27N5O/c1-16-22-13-18(14-26-25(31)20-11-12-27-29-17(20)2)9-10-23(22)28-24(16)21-8-6-5-7-19(21)15-30(3)4/h5-13,28H,14-15H2,1-4H3,(H,26,31). The fourth-order valence-electron chi connectivity index (χ4n) is 3.92. The number of carbonyl (C=O) groups excluding carboxylic acids is 1. The third-order valence-electron chi connectivity index (χ3n) is 5.50. The van der Waals surface area contributed by atoms with Crippen molar-refractivity contribution in [2.75, 3.05) is 14.1 Å². The summed E-state index contributed by atoms with van der Waals surface area (Å²) in [6.45, 7) is 5.26. The monoisotopic (exact) mass is 413 g/mol. The van der Waals surface area contributed by atoms with Crippen molar-refractivity contribution in [3.8, 4) is 11.3 Å². The van der Waals surface area contributed by atoms with Crippen molar-refractivity contribution >= 4 is 16.8 Å². The number of hydrogen-bond donors (Lipinski definition) is 2. The summed E-state index contributed by atoms with van der Waals surface area (Å²) >= 11 is 0. The first kappa shape index (κ1) is 20.8. The zero-order chi connectivity index (χ0) is 22.0. The number of nitrogens with one attached hydrogen (secondary N) is 2. The van der Waals surface area contributed by atoms with Gasteiger partial charge in [0.1, 0.15) is 0 Å². The summed E-state index contributed by atoms with van der Waals surface area (Å²) < 4.78 is 0. The minimum Gasteiger partial charge on any atom is -0.354 e. The minimum atomic E-state index is -0.142. The molecule has 6 heteroatoms. The molecule has 0 radical (unpaired) electrons. The van der Waals surface area contributed by atoms with Crippen LogP contribution in [0.4, 0.5) is 0 Å². The average Bonchev–Trinajstić information content (AvgIpc) is 3.08. The molecule has 4 rings (SSSR count). The summed E-state index contributed by atoms with van der Waals surface area (Å²) in [6, 6.07) is 16.5. The van der Waals surface area contributed by atoms with Gasteiger partial charge in [0.25, 0.3) is 5.91 Å². The Labute approximate surface area is 182 Å². The molecule has 0 atom stereocenters. The van der Waals surface area contributed by atoms with E-state index in [-0.39, 0.29) is 5.91 Å². The first-order valence-electron chi connectivity index (χ1n) is 10.3. The third-order valence-corrected chi connectivity index (χ3v) is 5.50. The van der Waals surface area contributed by atoms with Crippen LogP contribution in [-0.2, 0) is 13.1 Å². The molecule has 2 N–H and O–H groups in total. The second-order valence-corrected chi connectivity index (χ2v) is 8.11. The summed E-state index contributed by atoms with van der Waals surface area (Å²) in [5.74, 6) is -0.142. The van der Waals surface area contributed by atoms with Crippen molar-refractivity contribution < 1.29 is 4.79 Å². The van der Waals surface area contributed by atoms with Crippen LogP contribution in [0, 0.1) is 13.8 Å². The predicted molar refractivity (Wildman–Crippen MR) is 124 cm³/mol. The molecular weight excluding hydrogens is 386 g/mol. The first-order valence-corrected chi connectivity index (χ1v) is 10.3. The molecule has 2 heterocycles. The van der Waals surface area contributed by atoms with Crippen LogP contribution in [0.15, 0.2) is 54.7 Å². The molecule has 6 nitrogen and oxygen atoms in total. The van der Waals surface area contributed by atoms with Gasteiger partial charge in [-0.05, 0) is 62.8 Å². The van der Waals surface area contributed by atoms with Crippen molar-refractivity contribution in [3.63, 3.8) is 0 Å². The van der Waals surface area contributed by atoms with Gasteiger partial charge in [-0.25, -0.2) is 0 Å². The highest BCUT2D eigenvalue weighted by Gasteiger charge is 2.14. The van der Waals surface area contributed by atoms with E-state index in [0.717, 1.165) is 23.3 Å². The molecule has 0 spiro atoms. The van der Waals surface area contributed by atoms with E-state index in [1.165, 1.54) is 28.3 Å². The number of aromatic amines is 1. The highest BCUT2D eigenvalue weighted by Crippen LogP contribution is 2.32. The number of aromatic nitrogens is 3. The Morgan fingerprint density at radius 1 is 1.10 bits per heavy atom. The molecular formula is C25H27N5O. The van der Waals surface area contributed by atoms with E-state index in [1.54, 1.807) is 13.0 Å². The third kappa shape index (κ3) is 4.34. The fourth-order valence-corrected chi connectivity index (χ4v) is 3.92. The predicted octanol–water partition coefficient (Wildman–Crippen LogP) is 4.23. The maximum atomic E-state index is 12.5. The van der Waals surface area contributed by atoms with E-state index in [1.807, 2.05) is 6.07 Å². The van der Waals surface area contributed by atoms with Gasteiger partial charge in [-0.15, -0.1) is 0 Å². The molecule has 0 aliphatic heterocycles. The highest BCUT2D eigenvalue weighted by molar-refractivity contribution is 5.95. The Balaban J connectivity index is 1.61. The van der Waals surface area contributed by atoms with E-state index in [4.69, 9.17) is 0 Å². The van der Waals surface area contributed by atoms with E-state index < -0.39 is 0 Å². The Morgan fingerprint density at radius 3 is 2.68 bits per heavy atom. The molecule has 0 unspecified atom stereocenters. The molecule has 0 aliphatic carbocycles. The van der Waals surface area contributed by atoms with Gasteiger partial charge in [0.15, 0.2) is 0 Å². The van der Waals surface area contributed by atoms with E-state index >= 15 is 0 Å². The lowest BCUT2D eigenvalue weighted by Crippen LogP contribution is -2.24. The fraction of sp³-hybridized carbons (Fsp3) is 0.240. The number of amides is 1. The zero-order valence-electron chi connectivity index (χ0n) is 18.4. The maximum Gasteiger partial charge on any atom is 0.253 e. The van der Waals surface area contributed by atoms with Gasteiger partial charge >= 0.3 is 0 Å². The van der Waals surface area contributed by atoms with E-state index in [9.17, 15) is 4.79 Å². The van der Waals surface area contributed by atoms with Crippen molar-refractivity contribution in [3.05, 3.63) is 82.7 Å². The number of rotatable bonds is 6. The van der Waals surface area contributed by atoms with Crippen molar-refractivity contribution in [2.24, 2.45) is 0 Å². The number of carbonyl (C=O) groups is 1.